The first-order valence-electron chi connectivity index (χ1n) is 7.56. The Kier molecular flexibility index (Phi) is 4.36. The molecular formula is C16H20ClNO3. The summed E-state index contributed by atoms with van der Waals surface area (Å²) in [7, 11) is 0. The fraction of sp³-hybridized carbons (Fsp3) is 0.562. The van der Waals surface area contributed by atoms with Gasteiger partial charge in [-0.1, -0.05) is 49.1 Å². The van der Waals surface area contributed by atoms with Crippen LogP contribution in [-0.2, 0) is 4.74 Å². The van der Waals surface area contributed by atoms with E-state index in [2.05, 4.69) is 0 Å². The number of amides is 1. The third kappa shape index (κ3) is 3.01. The minimum absolute atomic E-state index is 0.202. The second kappa shape index (κ2) is 6.24. The highest BCUT2D eigenvalue weighted by molar-refractivity contribution is 6.31. The fourth-order valence-electron chi connectivity index (χ4n) is 3.29. The molecule has 0 unspecified atom stereocenters. The molecule has 5 heteroatoms. The van der Waals surface area contributed by atoms with E-state index in [9.17, 15) is 9.90 Å². The molecule has 1 aliphatic heterocycles. The van der Waals surface area contributed by atoms with E-state index in [0.717, 1.165) is 25.7 Å². The average molecular weight is 310 g/mol. The van der Waals surface area contributed by atoms with Gasteiger partial charge in [0.1, 0.15) is 6.10 Å². The summed E-state index contributed by atoms with van der Waals surface area (Å²) in [5, 5.41) is 10.9. The molecule has 0 spiro atoms. The first-order valence-corrected chi connectivity index (χ1v) is 7.94. The summed E-state index contributed by atoms with van der Waals surface area (Å²) in [5.41, 5.74) is 0.670. The maximum absolute atomic E-state index is 12.3. The lowest BCUT2D eigenvalue weighted by molar-refractivity contribution is -0.0724. The number of nitrogens with zero attached hydrogens (tertiary/aromatic N) is 1. The highest BCUT2D eigenvalue weighted by atomic mass is 35.5. The Morgan fingerprint density at radius 2 is 1.90 bits per heavy atom. The van der Waals surface area contributed by atoms with Crippen molar-refractivity contribution in [1.82, 2.24) is 4.90 Å². The molecular weight excluding hydrogens is 290 g/mol. The topological polar surface area (TPSA) is 49.8 Å². The van der Waals surface area contributed by atoms with Gasteiger partial charge in [0, 0.05) is 16.6 Å². The van der Waals surface area contributed by atoms with Crippen LogP contribution in [0.15, 0.2) is 24.3 Å². The van der Waals surface area contributed by atoms with Gasteiger partial charge in [-0.05, 0) is 18.9 Å². The Hall–Kier alpha value is -1.26. The number of carbonyl (C=O) groups excluding carboxylic acids is 1. The maximum Gasteiger partial charge on any atom is 0.410 e. The Labute approximate surface area is 129 Å². The zero-order chi connectivity index (χ0) is 14.8. The maximum atomic E-state index is 12.3. The number of rotatable bonds is 2. The van der Waals surface area contributed by atoms with Gasteiger partial charge in [-0.15, -0.1) is 0 Å². The van der Waals surface area contributed by atoms with E-state index in [4.69, 9.17) is 16.3 Å². The lowest BCUT2D eigenvalue weighted by atomic mass is 9.93. The average Bonchev–Trinajstić information content (AvgIpc) is 2.51. The van der Waals surface area contributed by atoms with Gasteiger partial charge in [0.05, 0.1) is 6.54 Å². The quantitative estimate of drug-likeness (QED) is 0.909. The molecule has 0 aromatic heterocycles. The molecule has 1 saturated carbocycles. The van der Waals surface area contributed by atoms with Crippen molar-refractivity contribution in [3.05, 3.63) is 34.9 Å². The van der Waals surface area contributed by atoms with Crippen molar-refractivity contribution >= 4 is 17.7 Å². The zero-order valence-corrected chi connectivity index (χ0v) is 12.6. The minimum Gasteiger partial charge on any atom is -0.438 e. The monoisotopic (exact) mass is 309 g/mol. The molecule has 1 saturated heterocycles. The van der Waals surface area contributed by atoms with Gasteiger partial charge in [0.25, 0.3) is 0 Å². The van der Waals surface area contributed by atoms with Crippen LogP contribution >= 0.6 is 11.6 Å². The number of hydrogen-bond acceptors (Lipinski definition) is 3. The molecule has 1 aromatic carbocycles. The molecule has 1 amide bonds. The lowest BCUT2D eigenvalue weighted by Crippen LogP contribution is -2.52. The van der Waals surface area contributed by atoms with Crippen LogP contribution in [0.3, 0.4) is 0 Å². The molecule has 114 valence electrons. The molecule has 2 aliphatic rings. The van der Waals surface area contributed by atoms with E-state index in [0.29, 0.717) is 17.1 Å². The Morgan fingerprint density at radius 1 is 1.19 bits per heavy atom. The van der Waals surface area contributed by atoms with Crippen LogP contribution in [0.25, 0.3) is 0 Å². The van der Waals surface area contributed by atoms with Crippen LogP contribution in [0.4, 0.5) is 4.79 Å². The number of aliphatic hydroxyl groups excluding tert-OH is 1. The normalized spacial score (nSPS) is 27.5. The number of cyclic esters (lactones) is 1. The number of halogens is 1. The largest absolute Gasteiger partial charge is 0.438 e. The predicted molar refractivity (Wildman–Crippen MR) is 80.3 cm³/mol. The van der Waals surface area contributed by atoms with Gasteiger partial charge < -0.3 is 14.7 Å². The summed E-state index contributed by atoms with van der Waals surface area (Å²) in [6, 6.07) is 7.38. The van der Waals surface area contributed by atoms with Gasteiger partial charge in [-0.2, -0.15) is 0 Å². The Bertz CT molecular complexity index is 516. The SMILES string of the molecule is O=C1O[C@H](c2ccccc2Cl)[C@H](O)CN1C1CCCCC1. The molecule has 1 heterocycles. The van der Waals surface area contributed by atoms with Crippen molar-refractivity contribution in [2.75, 3.05) is 6.54 Å². The zero-order valence-electron chi connectivity index (χ0n) is 11.9. The standard InChI is InChI=1S/C16H20ClNO3/c17-13-9-5-4-8-12(13)15-14(19)10-18(16(20)21-15)11-6-2-1-3-7-11/h4-5,8-9,11,14-15,19H,1-3,6-7,10H2/t14-,15-/m1/s1. The molecule has 1 aliphatic carbocycles. The van der Waals surface area contributed by atoms with Crippen LogP contribution in [0, 0.1) is 0 Å². The Morgan fingerprint density at radius 3 is 2.62 bits per heavy atom. The second-order valence-corrected chi connectivity index (χ2v) is 6.24. The molecule has 0 radical (unpaired) electrons. The first kappa shape index (κ1) is 14.7. The molecule has 4 nitrogen and oxygen atoms in total. The molecule has 1 aromatic rings. The van der Waals surface area contributed by atoms with Gasteiger partial charge in [-0.3, -0.25) is 0 Å². The van der Waals surface area contributed by atoms with Crippen LogP contribution in [0.5, 0.6) is 0 Å². The first-order chi connectivity index (χ1) is 10.2. The van der Waals surface area contributed by atoms with Gasteiger partial charge >= 0.3 is 6.09 Å². The second-order valence-electron chi connectivity index (χ2n) is 5.84. The van der Waals surface area contributed by atoms with E-state index < -0.39 is 12.2 Å². The third-order valence-corrected chi connectivity index (χ3v) is 4.77. The summed E-state index contributed by atoms with van der Waals surface area (Å²) in [4.78, 5) is 14.0. The summed E-state index contributed by atoms with van der Waals surface area (Å²) in [5.74, 6) is 0. The number of β-amino-alcohol motifs (C(OH)–C–C–N with tert-alkyl or cyclic N) is 1. The minimum atomic E-state index is -0.746. The van der Waals surface area contributed by atoms with Gasteiger partial charge in [0.2, 0.25) is 0 Å². The molecule has 21 heavy (non-hydrogen) atoms. The van der Waals surface area contributed by atoms with Crippen molar-refractivity contribution in [1.29, 1.82) is 0 Å². The highest BCUT2D eigenvalue weighted by Gasteiger charge is 2.39. The van der Waals surface area contributed by atoms with Crippen LogP contribution in [0.1, 0.15) is 43.8 Å². The predicted octanol–water partition coefficient (Wildman–Crippen LogP) is 3.53. The Balaban J connectivity index is 1.75. The molecule has 3 rings (SSSR count). The number of aliphatic hydroxyl groups is 1. The van der Waals surface area contributed by atoms with E-state index >= 15 is 0 Å². The lowest BCUT2D eigenvalue weighted by Gasteiger charge is -2.41. The van der Waals surface area contributed by atoms with E-state index in [-0.39, 0.29) is 12.1 Å². The van der Waals surface area contributed by atoms with Crippen LogP contribution < -0.4 is 0 Å². The van der Waals surface area contributed by atoms with E-state index in [1.807, 2.05) is 12.1 Å². The molecule has 0 bridgehead atoms. The number of benzene rings is 1. The fourth-order valence-corrected chi connectivity index (χ4v) is 3.54. The summed E-state index contributed by atoms with van der Waals surface area (Å²) < 4.78 is 5.48. The number of hydrogen-bond donors (Lipinski definition) is 1. The van der Waals surface area contributed by atoms with Crippen LogP contribution in [-0.4, -0.2) is 34.8 Å². The van der Waals surface area contributed by atoms with Crippen molar-refractivity contribution in [3.8, 4) is 0 Å². The molecule has 1 N–H and O–H groups in total. The summed E-state index contributed by atoms with van der Waals surface area (Å²) in [6.07, 6.45) is 3.74. The molecule has 2 atom stereocenters. The summed E-state index contributed by atoms with van der Waals surface area (Å²) in [6.45, 7) is 0.319. The van der Waals surface area contributed by atoms with Gasteiger partial charge in [-0.25, -0.2) is 4.79 Å². The van der Waals surface area contributed by atoms with E-state index in [1.54, 1.807) is 17.0 Å². The smallest absolute Gasteiger partial charge is 0.410 e. The van der Waals surface area contributed by atoms with Crippen molar-refractivity contribution < 1.29 is 14.6 Å². The number of ether oxygens (including phenoxy) is 1. The van der Waals surface area contributed by atoms with Crippen molar-refractivity contribution in [2.45, 2.75) is 50.4 Å². The highest BCUT2D eigenvalue weighted by Crippen LogP contribution is 2.34. The molecule has 2 fully saturated rings. The number of carbonyl (C=O) groups is 1. The third-order valence-electron chi connectivity index (χ3n) is 4.42. The van der Waals surface area contributed by atoms with Crippen molar-refractivity contribution in [3.63, 3.8) is 0 Å². The summed E-state index contributed by atoms with van der Waals surface area (Å²) >= 11 is 6.14. The van der Waals surface area contributed by atoms with Gasteiger partial charge in [0.15, 0.2) is 6.10 Å². The van der Waals surface area contributed by atoms with Crippen molar-refractivity contribution in [2.24, 2.45) is 0 Å². The van der Waals surface area contributed by atoms with E-state index in [1.165, 1.54) is 6.42 Å². The van der Waals surface area contributed by atoms with Crippen LogP contribution in [0.2, 0.25) is 5.02 Å².